The maximum Gasteiger partial charge on any atom is 0.234 e. The van der Waals surface area contributed by atoms with E-state index < -0.39 is 0 Å². The summed E-state index contributed by atoms with van der Waals surface area (Å²) < 4.78 is 13.0. The summed E-state index contributed by atoms with van der Waals surface area (Å²) >= 11 is 7.40. The molecule has 0 aliphatic rings. The molecule has 0 saturated heterocycles. The number of carbonyl (C=O) groups excluding carboxylic acids is 1. The van der Waals surface area contributed by atoms with Gasteiger partial charge in [0.25, 0.3) is 0 Å². The molecule has 1 N–H and O–H groups in total. The van der Waals surface area contributed by atoms with E-state index in [1.807, 2.05) is 32.0 Å². The Kier molecular flexibility index (Phi) is 5.86. The third-order valence-corrected chi connectivity index (χ3v) is 4.51. The molecule has 0 unspecified atom stereocenters. The number of thioether (sulfide) groups is 1. The number of hydrogen-bond acceptors (Lipinski definition) is 2. The Labute approximate surface area is 139 Å². The van der Waals surface area contributed by atoms with Gasteiger partial charge in [-0.15, -0.1) is 11.8 Å². The van der Waals surface area contributed by atoms with Crippen molar-refractivity contribution in [2.24, 2.45) is 0 Å². The van der Waals surface area contributed by atoms with Gasteiger partial charge in [-0.1, -0.05) is 29.8 Å². The molecule has 116 valence electrons. The van der Waals surface area contributed by atoms with Crippen LogP contribution in [0.25, 0.3) is 0 Å². The monoisotopic (exact) mass is 337 g/mol. The lowest BCUT2D eigenvalue weighted by Gasteiger charge is -2.09. The van der Waals surface area contributed by atoms with Crippen LogP contribution in [0.5, 0.6) is 0 Å². The normalized spacial score (nSPS) is 10.5. The fourth-order valence-corrected chi connectivity index (χ4v) is 3.09. The molecular formula is C17H17ClFNOS. The highest BCUT2D eigenvalue weighted by molar-refractivity contribution is 7.99. The summed E-state index contributed by atoms with van der Waals surface area (Å²) in [6, 6.07) is 10.3. The highest BCUT2D eigenvalue weighted by atomic mass is 35.5. The van der Waals surface area contributed by atoms with Crippen molar-refractivity contribution in [3.05, 3.63) is 63.9 Å². The fraction of sp³-hybridized carbons (Fsp3) is 0.235. The second-order valence-corrected chi connectivity index (χ2v) is 6.49. The van der Waals surface area contributed by atoms with E-state index in [-0.39, 0.29) is 11.7 Å². The van der Waals surface area contributed by atoms with Gasteiger partial charge in [0.15, 0.2) is 0 Å². The second-order valence-electron chi connectivity index (χ2n) is 5.10. The number of hydrogen-bond donors (Lipinski definition) is 1. The molecule has 0 aliphatic carbocycles. The highest BCUT2D eigenvalue weighted by Gasteiger charge is 2.07. The van der Waals surface area contributed by atoms with E-state index in [9.17, 15) is 9.18 Å². The number of halogens is 2. The van der Waals surface area contributed by atoms with Crippen LogP contribution in [0.3, 0.4) is 0 Å². The van der Waals surface area contributed by atoms with Crippen LogP contribution in [-0.4, -0.2) is 11.7 Å². The van der Waals surface area contributed by atoms with Gasteiger partial charge in [0.1, 0.15) is 5.82 Å². The smallest absolute Gasteiger partial charge is 0.234 e. The van der Waals surface area contributed by atoms with Gasteiger partial charge in [-0.25, -0.2) is 4.39 Å². The maximum absolute atomic E-state index is 13.0. The van der Waals surface area contributed by atoms with Crippen molar-refractivity contribution < 1.29 is 9.18 Å². The van der Waals surface area contributed by atoms with Crippen LogP contribution in [0.4, 0.5) is 10.1 Å². The summed E-state index contributed by atoms with van der Waals surface area (Å²) in [7, 11) is 0. The molecule has 0 saturated carbocycles. The van der Waals surface area contributed by atoms with E-state index in [0.717, 1.165) is 22.4 Å². The van der Waals surface area contributed by atoms with Gasteiger partial charge in [-0.2, -0.15) is 0 Å². The Morgan fingerprint density at radius 3 is 2.73 bits per heavy atom. The number of amides is 1. The number of rotatable bonds is 5. The van der Waals surface area contributed by atoms with E-state index >= 15 is 0 Å². The van der Waals surface area contributed by atoms with E-state index in [1.54, 1.807) is 6.07 Å². The average molecular weight is 338 g/mol. The fourth-order valence-electron chi connectivity index (χ4n) is 1.95. The molecule has 2 nitrogen and oxygen atoms in total. The molecule has 0 aromatic heterocycles. The van der Waals surface area contributed by atoms with Crippen LogP contribution in [-0.2, 0) is 10.5 Å². The van der Waals surface area contributed by atoms with Crippen molar-refractivity contribution in [1.29, 1.82) is 0 Å². The van der Waals surface area contributed by atoms with Gasteiger partial charge in [0, 0.05) is 16.5 Å². The van der Waals surface area contributed by atoms with Crippen LogP contribution in [0.15, 0.2) is 36.4 Å². The Morgan fingerprint density at radius 2 is 2.00 bits per heavy atom. The minimum atomic E-state index is -0.355. The number of nitrogens with one attached hydrogen (secondary N) is 1. The SMILES string of the molecule is Cc1ccc(C)c(NC(=O)CSCc2ccc(F)cc2Cl)c1. The largest absolute Gasteiger partial charge is 0.325 e. The molecule has 0 bridgehead atoms. The topological polar surface area (TPSA) is 29.1 Å². The van der Waals surface area contributed by atoms with Gasteiger partial charge in [-0.3, -0.25) is 4.79 Å². The minimum absolute atomic E-state index is 0.0584. The number of anilines is 1. The van der Waals surface area contributed by atoms with E-state index in [1.165, 1.54) is 23.9 Å². The molecule has 0 heterocycles. The lowest BCUT2D eigenvalue weighted by molar-refractivity contribution is -0.113. The van der Waals surface area contributed by atoms with Crippen LogP contribution in [0.1, 0.15) is 16.7 Å². The van der Waals surface area contributed by atoms with Crippen LogP contribution in [0.2, 0.25) is 5.02 Å². The van der Waals surface area contributed by atoms with Gasteiger partial charge in [0.05, 0.1) is 5.75 Å². The summed E-state index contributed by atoms with van der Waals surface area (Å²) in [5.74, 6) is 0.476. The van der Waals surface area contributed by atoms with Gasteiger partial charge in [-0.05, 0) is 48.7 Å². The number of carbonyl (C=O) groups is 1. The molecule has 1 amide bonds. The van der Waals surface area contributed by atoms with Crippen LogP contribution in [0, 0.1) is 19.7 Å². The zero-order valence-electron chi connectivity index (χ0n) is 12.5. The molecule has 0 fully saturated rings. The van der Waals surface area contributed by atoms with E-state index in [2.05, 4.69) is 5.32 Å². The Morgan fingerprint density at radius 1 is 1.23 bits per heavy atom. The van der Waals surface area contributed by atoms with E-state index in [4.69, 9.17) is 11.6 Å². The van der Waals surface area contributed by atoms with Gasteiger partial charge in [0.2, 0.25) is 5.91 Å². The zero-order chi connectivity index (χ0) is 16.1. The highest BCUT2D eigenvalue weighted by Crippen LogP contribution is 2.22. The van der Waals surface area contributed by atoms with Gasteiger partial charge < -0.3 is 5.32 Å². The molecule has 2 aromatic carbocycles. The third-order valence-electron chi connectivity index (χ3n) is 3.17. The van der Waals surface area contributed by atoms with Crippen molar-refractivity contribution >= 4 is 35.0 Å². The summed E-state index contributed by atoms with van der Waals surface area (Å²) in [5, 5.41) is 3.30. The molecule has 0 spiro atoms. The summed E-state index contributed by atoms with van der Waals surface area (Å²) in [6.45, 7) is 3.95. The molecule has 5 heteroatoms. The summed E-state index contributed by atoms with van der Waals surface area (Å²) in [5.41, 5.74) is 3.80. The minimum Gasteiger partial charge on any atom is -0.325 e. The van der Waals surface area contributed by atoms with Crippen molar-refractivity contribution in [2.45, 2.75) is 19.6 Å². The first-order valence-corrected chi connectivity index (χ1v) is 8.38. The van der Waals surface area contributed by atoms with Gasteiger partial charge >= 0.3 is 0 Å². The molecule has 0 radical (unpaired) electrons. The van der Waals surface area contributed by atoms with Crippen molar-refractivity contribution in [1.82, 2.24) is 0 Å². The molecule has 0 atom stereocenters. The maximum atomic E-state index is 13.0. The quantitative estimate of drug-likeness (QED) is 0.834. The lowest BCUT2D eigenvalue weighted by atomic mass is 10.1. The Balaban J connectivity index is 1.86. The Hall–Kier alpha value is -1.52. The first-order chi connectivity index (χ1) is 10.5. The standard InChI is InChI=1S/C17H17ClFNOS/c1-11-3-4-12(2)16(7-11)20-17(21)10-22-9-13-5-6-14(19)8-15(13)18/h3-8H,9-10H2,1-2H3,(H,20,21). The zero-order valence-corrected chi connectivity index (χ0v) is 14.0. The molecule has 0 aliphatic heterocycles. The number of aryl methyl sites for hydroxylation is 2. The molecular weight excluding hydrogens is 321 g/mol. The lowest BCUT2D eigenvalue weighted by Crippen LogP contribution is -2.15. The third kappa shape index (κ3) is 4.75. The van der Waals surface area contributed by atoms with Crippen molar-refractivity contribution in [2.75, 3.05) is 11.1 Å². The van der Waals surface area contributed by atoms with Crippen LogP contribution < -0.4 is 5.32 Å². The van der Waals surface area contributed by atoms with Crippen molar-refractivity contribution in [3.8, 4) is 0 Å². The first-order valence-electron chi connectivity index (χ1n) is 6.84. The summed E-state index contributed by atoms with van der Waals surface area (Å²) in [6.07, 6.45) is 0. The second kappa shape index (κ2) is 7.65. The number of benzene rings is 2. The predicted molar refractivity (Wildman–Crippen MR) is 92.1 cm³/mol. The molecule has 22 heavy (non-hydrogen) atoms. The van der Waals surface area contributed by atoms with Crippen molar-refractivity contribution in [3.63, 3.8) is 0 Å². The first kappa shape index (κ1) is 16.8. The molecule has 2 aromatic rings. The predicted octanol–water partition coefficient (Wildman–Crippen LogP) is 4.97. The Bertz CT molecular complexity index is 690. The van der Waals surface area contributed by atoms with E-state index in [0.29, 0.717) is 16.5 Å². The summed E-state index contributed by atoms with van der Waals surface area (Å²) in [4.78, 5) is 12.0. The molecule has 2 rings (SSSR count). The average Bonchev–Trinajstić information content (AvgIpc) is 2.45. The van der Waals surface area contributed by atoms with Crippen LogP contribution >= 0.6 is 23.4 Å².